The number of benzene rings is 1. The van der Waals surface area contributed by atoms with E-state index in [0.717, 1.165) is 44.5 Å². The van der Waals surface area contributed by atoms with Crippen molar-refractivity contribution in [1.82, 2.24) is 25.3 Å². The van der Waals surface area contributed by atoms with Crippen molar-refractivity contribution in [2.75, 3.05) is 46.9 Å². The Bertz CT molecular complexity index is 965. The molecule has 4 rings (SSSR count). The largest absolute Gasteiger partial charge is 0.493 e. The first-order valence-electron chi connectivity index (χ1n) is 12.9. The molecule has 35 heavy (non-hydrogen) atoms. The first-order valence-corrected chi connectivity index (χ1v) is 12.9. The van der Waals surface area contributed by atoms with Gasteiger partial charge in [-0.2, -0.15) is 4.98 Å². The number of ether oxygens (including phenoxy) is 2. The highest BCUT2D eigenvalue weighted by Crippen LogP contribution is 2.31. The number of hydrogen-bond donors (Lipinski definition) is 1. The number of methoxy groups -OCH3 is 2. The molecule has 2 aromatic rings. The van der Waals surface area contributed by atoms with Gasteiger partial charge in [0.25, 0.3) is 0 Å². The summed E-state index contributed by atoms with van der Waals surface area (Å²) in [5.41, 5.74) is 0.799. The van der Waals surface area contributed by atoms with E-state index in [0.29, 0.717) is 42.3 Å². The van der Waals surface area contributed by atoms with Crippen LogP contribution in [0.25, 0.3) is 11.4 Å². The van der Waals surface area contributed by atoms with E-state index in [9.17, 15) is 4.79 Å². The summed E-state index contributed by atoms with van der Waals surface area (Å²) in [7, 11) is 3.20. The fraction of sp³-hybridized carbons (Fsp3) is 0.654. The average molecular weight is 486 g/mol. The Kier molecular flexibility index (Phi) is 8.98. The fourth-order valence-corrected chi connectivity index (χ4v) is 5.14. The maximum atomic E-state index is 12.8. The highest BCUT2D eigenvalue weighted by Gasteiger charge is 2.27. The Hall–Kier alpha value is -2.65. The van der Waals surface area contributed by atoms with E-state index in [4.69, 9.17) is 14.0 Å². The van der Waals surface area contributed by atoms with Gasteiger partial charge < -0.3 is 24.2 Å². The van der Waals surface area contributed by atoms with E-state index in [-0.39, 0.29) is 11.8 Å². The van der Waals surface area contributed by atoms with Crippen molar-refractivity contribution >= 4 is 5.91 Å². The second-order valence-electron chi connectivity index (χ2n) is 9.68. The van der Waals surface area contributed by atoms with Gasteiger partial charge in [-0.1, -0.05) is 11.6 Å². The molecule has 2 atom stereocenters. The third kappa shape index (κ3) is 6.73. The first kappa shape index (κ1) is 25.4. The third-order valence-corrected chi connectivity index (χ3v) is 7.21. The zero-order chi connectivity index (χ0) is 24.6. The van der Waals surface area contributed by atoms with E-state index < -0.39 is 0 Å². The molecule has 0 aliphatic carbocycles. The van der Waals surface area contributed by atoms with Crippen LogP contribution in [-0.4, -0.2) is 78.8 Å². The number of piperidine rings is 2. The van der Waals surface area contributed by atoms with Crippen molar-refractivity contribution in [2.24, 2.45) is 5.92 Å². The van der Waals surface area contributed by atoms with Crippen LogP contribution in [0.4, 0.5) is 0 Å². The van der Waals surface area contributed by atoms with Crippen molar-refractivity contribution in [1.29, 1.82) is 0 Å². The van der Waals surface area contributed by atoms with Crippen LogP contribution in [0.5, 0.6) is 11.5 Å². The first-order chi connectivity index (χ1) is 17.1. The molecule has 1 aromatic heterocycles. The zero-order valence-electron chi connectivity index (χ0n) is 21.3. The Labute approximate surface area is 208 Å². The predicted molar refractivity (Wildman–Crippen MR) is 133 cm³/mol. The van der Waals surface area contributed by atoms with Gasteiger partial charge in [-0.05, 0) is 70.3 Å². The normalized spacial score (nSPS) is 21.6. The summed E-state index contributed by atoms with van der Waals surface area (Å²) in [5.74, 6) is 2.50. The lowest BCUT2D eigenvalue weighted by Crippen LogP contribution is -2.43. The van der Waals surface area contributed by atoms with Crippen molar-refractivity contribution in [3.05, 3.63) is 24.1 Å². The van der Waals surface area contributed by atoms with Gasteiger partial charge in [0.05, 0.1) is 26.7 Å². The second kappa shape index (κ2) is 12.4. The van der Waals surface area contributed by atoms with Crippen molar-refractivity contribution in [2.45, 2.75) is 58.0 Å². The lowest BCUT2D eigenvalue weighted by molar-refractivity contribution is -0.126. The predicted octanol–water partition coefficient (Wildman–Crippen LogP) is 3.35. The molecule has 9 nitrogen and oxygen atoms in total. The van der Waals surface area contributed by atoms with Crippen LogP contribution in [0.15, 0.2) is 22.7 Å². The minimum Gasteiger partial charge on any atom is -0.493 e. The van der Waals surface area contributed by atoms with Gasteiger partial charge in [0.15, 0.2) is 11.5 Å². The number of amides is 1. The minimum absolute atomic E-state index is 0.00546. The molecule has 0 radical (unpaired) electrons. The highest BCUT2D eigenvalue weighted by molar-refractivity contribution is 5.78. The summed E-state index contributed by atoms with van der Waals surface area (Å²) in [6.45, 7) is 7.49. The molecular formula is C26H39N5O4. The number of rotatable bonds is 10. The molecule has 192 valence electrons. The zero-order valence-corrected chi connectivity index (χ0v) is 21.3. The number of hydrogen-bond acceptors (Lipinski definition) is 8. The summed E-state index contributed by atoms with van der Waals surface area (Å²) in [4.78, 5) is 22.1. The SMILES string of the molecule is COc1ccc(-c2noc(CN3CCC[C@@H](C(=O)NCCCN4CCCC[C@@H]4C)C3)n2)cc1OC. The molecule has 2 saturated heterocycles. The molecule has 1 amide bonds. The van der Waals surface area contributed by atoms with Gasteiger partial charge in [0, 0.05) is 31.2 Å². The van der Waals surface area contributed by atoms with Crippen LogP contribution in [0, 0.1) is 5.92 Å². The Morgan fingerprint density at radius 3 is 2.80 bits per heavy atom. The molecule has 0 unspecified atom stereocenters. The number of carbonyl (C=O) groups excluding carboxylic acids is 1. The number of nitrogens with one attached hydrogen (secondary N) is 1. The number of nitrogens with zero attached hydrogens (tertiary/aromatic N) is 4. The van der Waals surface area contributed by atoms with Gasteiger partial charge in [0.1, 0.15) is 0 Å². The van der Waals surface area contributed by atoms with E-state index in [1.807, 2.05) is 18.2 Å². The van der Waals surface area contributed by atoms with Crippen LogP contribution >= 0.6 is 0 Å². The molecule has 0 spiro atoms. The van der Waals surface area contributed by atoms with Crippen molar-refractivity contribution in [3.8, 4) is 22.9 Å². The van der Waals surface area contributed by atoms with Gasteiger partial charge in [-0.3, -0.25) is 9.69 Å². The monoisotopic (exact) mass is 485 g/mol. The van der Waals surface area contributed by atoms with Gasteiger partial charge >= 0.3 is 0 Å². The molecule has 2 aliphatic rings. The Morgan fingerprint density at radius 1 is 1.14 bits per heavy atom. The van der Waals surface area contributed by atoms with Crippen LogP contribution in [0.2, 0.25) is 0 Å². The second-order valence-corrected chi connectivity index (χ2v) is 9.68. The lowest BCUT2D eigenvalue weighted by Gasteiger charge is -2.33. The van der Waals surface area contributed by atoms with Crippen LogP contribution in [0.3, 0.4) is 0 Å². The maximum Gasteiger partial charge on any atom is 0.241 e. The number of carbonyl (C=O) groups is 1. The lowest BCUT2D eigenvalue weighted by atomic mass is 9.97. The molecule has 2 fully saturated rings. The molecule has 0 bridgehead atoms. The number of aromatic nitrogens is 2. The van der Waals surface area contributed by atoms with E-state index in [1.54, 1.807) is 14.2 Å². The van der Waals surface area contributed by atoms with Crippen LogP contribution in [-0.2, 0) is 11.3 Å². The minimum atomic E-state index is 0.00546. The molecular weight excluding hydrogens is 446 g/mol. The molecule has 1 N–H and O–H groups in total. The smallest absolute Gasteiger partial charge is 0.241 e. The van der Waals surface area contributed by atoms with Crippen LogP contribution < -0.4 is 14.8 Å². The van der Waals surface area contributed by atoms with E-state index in [2.05, 4.69) is 32.2 Å². The van der Waals surface area contributed by atoms with Gasteiger partial charge in [-0.15, -0.1) is 0 Å². The summed E-state index contributed by atoms with van der Waals surface area (Å²) in [5, 5.41) is 7.31. The number of likely N-dealkylation sites (tertiary alicyclic amines) is 2. The van der Waals surface area contributed by atoms with Crippen LogP contribution in [0.1, 0.15) is 51.3 Å². The summed E-state index contributed by atoms with van der Waals surface area (Å²) < 4.78 is 16.2. The van der Waals surface area contributed by atoms with Gasteiger partial charge in [-0.25, -0.2) is 0 Å². The highest BCUT2D eigenvalue weighted by atomic mass is 16.5. The Balaban J connectivity index is 1.24. The summed E-state index contributed by atoms with van der Waals surface area (Å²) >= 11 is 0. The average Bonchev–Trinajstić information content (AvgIpc) is 3.35. The van der Waals surface area contributed by atoms with Crippen molar-refractivity contribution in [3.63, 3.8) is 0 Å². The molecule has 2 aliphatic heterocycles. The summed E-state index contributed by atoms with van der Waals surface area (Å²) in [6, 6.07) is 6.21. The molecule has 9 heteroatoms. The van der Waals surface area contributed by atoms with Gasteiger partial charge in [0.2, 0.25) is 17.6 Å². The quantitative estimate of drug-likeness (QED) is 0.512. The summed E-state index contributed by atoms with van der Waals surface area (Å²) in [6.07, 6.45) is 6.85. The van der Waals surface area contributed by atoms with E-state index in [1.165, 1.54) is 25.8 Å². The third-order valence-electron chi connectivity index (χ3n) is 7.21. The maximum absolute atomic E-state index is 12.8. The molecule has 0 saturated carbocycles. The molecule has 1 aromatic carbocycles. The standard InChI is InChI=1S/C26H39N5O4/c1-19-8-4-5-14-31(19)15-7-12-27-26(32)21-9-6-13-30(17-21)18-24-28-25(29-35-24)20-10-11-22(33-2)23(16-20)34-3/h10-11,16,19,21H,4-9,12-15,17-18H2,1-3H3,(H,27,32)/t19-,21+/m0/s1. The topological polar surface area (TPSA) is 93.0 Å². The molecule has 3 heterocycles. The van der Waals surface area contributed by atoms with E-state index >= 15 is 0 Å². The Morgan fingerprint density at radius 2 is 2.00 bits per heavy atom. The fourth-order valence-electron chi connectivity index (χ4n) is 5.14. The van der Waals surface area contributed by atoms with Crippen molar-refractivity contribution < 1.29 is 18.8 Å².